The number of anilines is 2. The minimum atomic E-state index is -0.439. The number of hydrogen-bond acceptors (Lipinski definition) is 7. The van der Waals surface area contributed by atoms with E-state index in [2.05, 4.69) is 39.3 Å². The van der Waals surface area contributed by atoms with Crippen molar-refractivity contribution >= 4 is 23.5 Å². The fourth-order valence-electron chi connectivity index (χ4n) is 4.41. The van der Waals surface area contributed by atoms with Crippen molar-refractivity contribution in [1.82, 2.24) is 15.2 Å². The topological polar surface area (TPSA) is 87.2 Å². The lowest BCUT2D eigenvalue weighted by Gasteiger charge is -2.33. The lowest BCUT2D eigenvalue weighted by atomic mass is 10.0. The molecule has 1 aromatic heterocycles. The van der Waals surface area contributed by atoms with Gasteiger partial charge in [-0.15, -0.1) is 0 Å². The van der Waals surface area contributed by atoms with Crippen molar-refractivity contribution in [2.75, 3.05) is 56.2 Å². The summed E-state index contributed by atoms with van der Waals surface area (Å²) in [5, 5.41) is 2.71. The molecule has 4 heterocycles. The number of fused-ring (bicyclic) bond motifs is 3. The molecule has 0 bridgehead atoms. The molecule has 0 radical (unpaired) electrons. The number of rotatable bonds is 4. The number of nitrogens with one attached hydrogen (secondary N) is 1. The van der Waals surface area contributed by atoms with Crippen LogP contribution in [0.3, 0.4) is 0 Å². The van der Waals surface area contributed by atoms with E-state index in [1.165, 1.54) is 6.92 Å². The Balaban J connectivity index is 1.33. The number of aromatic nitrogens is 1. The second kappa shape index (κ2) is 8.31. The molecular formula is C23H27N5O4. The summed E-state index contributed by atoms with van der Waals surface area (Å²) < 4.78 is 11.5. The lowest BCUT2D eigenvalue weighted by Crippen LogP contribution is -2.47. The first-order valence-corrected chi connectivity index (χ1v) is 10.9. The summed E-state index contributed by atoms with van der Waals surface area (Å²) in [4.78, 5) is 34.7. The number of cyclic esters (lactones) is 1. The number of carbonyl (C=O) groups is 2. The predicted molar refractivity (Wildman–Crippen MR) is 120 cm³/mol. The first-order chi connectivity index (χ1) is 15.5. The quantitative estimate of drug-likeness (QED) is 0.779. The summed E-state index contributed by atoms with van der Waals surface area (Å²) >= 11 is 0. The molecule has 0 saturated carbocycles. The standard InChI is InChI=1S/C23H27N5O4/c1-15(29)24-13-21-19-14-31-20-11-16(3-5-18(20)28(19)23(30)32-21)17-4-6-22(25-12-17)27-9-7-26(2)8-10-27/h3-6,11-12,19,21H,7-10,13-14H2,1-2H3,(H,24,29). The minimum Gasteiger partial charge on any atom is -0.489 e. The van der Waals surface area contributed by atoms with Crippen molar-refractivity contribution in [3.63, 3.8) is 0 Å². The Bertz CT molecular complexity index is 1020. The molecule has 32 heavy (non-hydrogen) atoms. The van der Waals surface area contributed by atoms with Crippen LogP contribution in [0.25, 0.3) is 11.1 Å². The average molecular weight is 438 g/mol. The van der Waals surface area contributed by atoms with Gasteiger partial charge in [0.2, 0.25) is 5.91 Å². The van der Waals surface area contributed by atoms with Gasteiger partial charge in [-0.3, -0.25) is 9.69 Å². The third-order valence-corrected chi connectivity index (χ3v) is 6.30. The second-order valence-electron chi connectivity index (χ2n) is 8.49. The molecule has 3 aliphatic heterocycles. The Morgan fingerprint density at radius 1 is 1.16 bits per heavy atom. The molecule has 2 fully saturated rings. The van der Waals surface area contributed by atoms with Crippen LogP contribution < -0.4 is 19.9 Å². The molecule has 0 aliphatic carbocycles. The molecule has 168 valence electrons. The van der Waals surface area contributed by atoms with Crippen molar-refractivity contribution in [2.45, 2.75) is 19.1 Å². The minimum absolute atomic E-state index is 0.159. The fourth-order valence-corrected chi connectivity index (χ4v) is 4.41. The van der Waals surface area contributed by atoms with Gasteiger partial charge in [0.25, 0.3) is 0 Å². The number of amides is 2. The largest absolute Gasteiger partial charge is 0.489 e. The van der Waals surface area contributed by atoms with Gasteiger partial charge in [-0.05, 0) is 36.9 Å². The molecule has 2 saturated heterocycles. The zero-order valence-corrected chi connectivity index (χ0v) is 18.3. The SMILES string of the molecule is CC(=O)NCC1OC(=O)N2c3ccc(-c4ccc(N5CCN(C)CC5)nc4)cc3OCC12. The molecule has 9 heteroatoms. The van der Waals surface area contributed by atoms with Crippen molar-refractivity contribution < 1.29 is 19.1 Å². The zero-order valence-electron chi connectivity index (χ0n) is 18.3. The van der Waals surface area contributed by atoms with E-state index in [0.29, 0.717) is 18.0 Å². The molecule has 2 unspecified atom stereocenters. The number of carbonyl (C=O) groups excluding carboxylic acids is 2. The van der Waals surface area contributed by atoms with Gasteiger partial charge in [0.05, 0.1) is 12.2 Å². The average Bonchev–Trinajstić information content (AvgIpc) is 3.14. The molecule has 9 nitrogen and oxygen atoms in total. The highest BCUT2D eigenvalue weighted by atomic mass is 16.6. The van der Waals surface area contributed by atoms with Gasteiger partial charge >= 0.3 is 6.09 Å². The zero-order chi connectivity index (χ0) is 22.2. The summed E-state index contributed by atoms with van der Waals surface area (Å²) in [6.07, 6.45) is 1.03. The van der Waals surface area contributed by atoms with Crippen LogP contribution in [0.4, 0.5) is 16.3 Å². The van der Waals surface area contributed by atoms with Gasteiger partial charge in [0.1, 0.15) is 30.3 Å². The normalized spacial score (nSPS) is 22.6. The van der Waals surface area contributed by atoms with Gasteiger partial charge in [-0.1, -0.05) is 6.07 Å². The number of pyridine rings is 1. The van der Waals surface area contributed by atoms with Gasteiger partial charge in [-0.2, -0.15) is 0 Å². The van der Waals surface area contributed by atoms with Crippen LogP contribution in [0.1, 0.15) is 6.92 Å². The van der Waals surface area contributed by atoms with Crippen LogP contribution in [0.15, 0.2) is 36.5 Å². The number of ether oxygens (including phenoxy) is 2. The highest BCUT2D eigenvalue weighted by molar-refractivity contribution is 5.94. The van der Waals surface area contributed by atoms with E-state index >= 15 is 0 Å². The molecule has 2 amide bonds. The third kappa shape index (κ3) is 3.84. The highest BCUT2D eigenvalue weighted by Gasteiger charge is 2.46. The van der Waals surface area contributed by atoms with Crippen molar-refractivity contribution in [3.05, 3.63) is 36.5 Å². The number of nitrogens with zero attached hydrogens (tertiary/aromatic N) is 4. The number of hydrogen-bond donors (Lipinski definition) is 1. The lowest BCUT2D eigenvalue weighted by molar-refractivity contribution is -0.119. The predicted octanol–water partition coefficient (Wildman–Crippen LogP) is 1.72. The van der Waals surface area contributed by atoms with Crippen molar-refractivity contribution in [1.29, 1.82) is 0 Å². The second-order valence-corrected chi connectivity index (χ2v) is 8.49. The van der Waals surface area contributed by atoms with E-state index < -0.39 is 12.2 Å². The van der Waals surface area contributed by atoms with E-state index in [1.54, 1.807) is 4.90 Å². The van der Waals surface area contributed by atoms with Crippen molar-refractivity contribution in [2.24, 2.45) is 0 Å². The Morgan fingerprint density at radius 2 is 1.94 bits per heavy atom. The Hall–Kier alpha value is -3.33. The summed E-state index contributed by atoms with van der Waals surface area (Å²) in [6.45, 7) is 6.05. The highest BCUT2D eigenvalue weighted by Crippen LogP contribution is 2.41. The van der Waals surface area contributed by atoms with Crippen LogP contribution in [0, 0.1) is 0 Å². The van der Waals surface area contributed by atoms with Crippen LogP contribution in [-0.4, -0.2) is 80.4 Å². The molecule has 2 atom stereocenters. The van der Waals surface area contributed by atoms with Crippen molar-refractivity contribution in [3.8, 4) is 16.9 Å². The molecule has 1 aromatic carbocycles. The van der Waals surface area contributed by atoms with Gasteiger partial charge in [-0.25, -0.2) is 9.78 Å². The van der Waals surface area contributed by atoms with E-state index in [4.69, 9.17) is 9.47 Å². The summed E-state index contributed by atoms with van der Waals surface area (Å²) in [5.74, 6) is 1.47. The summed E-state index contributed by atoms with van der Waals surface area (Å²) in [7, 11) is 2.14. The number of piperazine rings is 1. The summed E-state index contributed by atoms with van der Waals surface area (Å²) in [5.41, 5.74) is 2.65. The smallest absolute Gasteiger partial charge is 0.415 e. The Morgan fingerprint density at radius 3 is 2.66 bits per heavy atom. The van der Waals surface area contributed by atoms with Crippen LogP contribution in [0.5, 0.6) is 5.75 Å². The molecular weight excluding hydrogens is 410 g/mol. The monoisotopic (exact) mass is 437 g/mol. The third-order valence-electron chi connectivity index (χ3n) is 6.30. The first-order valence-electron chi connectivity index (χ1n) is 10.9. The Labute approximate surface area is 186 Å². The maximum Gasteiger partial charge on any atom is 0.415 e. The van der Waals surface area contributed by atoms with Crippen LogP contribution in [-0.2, 0) is 9.53 Å². The van der Waals surface area contributed by atoms with E-state index in [1.807, 2.05) is 24.4 Å². The maximum atomic E-state index is 12.5. The molecule has 5 rings (SSSR count). The van der Waals surface area contributed by atoms with Gasteiger partial charge in [0, 0.05) is 44.9 Å². The van der Waals surface area contributed by atoms with Crippen LogP contribution >= 0.6 is 0 Å². The fraction of sp³-hybridized carbons (Fsp3) is 0.435. The van der Waals surface area contributed by atoms with Gasteiger partial charge < -0.3 is 24.6 Å². The molecule has 0 spiro atoms. The van der Waals surface area contributed by atoms with Crippen LogP contribution in [0.2, 0.25) is 0 Å². The van der Waals surface area contributed by atoms with E-state index in [0.717, 1.165) is 43.1 Å². The van der Waals surface area contributed by atoms with Gasteiger partial charge in [0.15, 0.2) is 0 Å². The summed E-state index contributed by atoms with van der Waals surface area (Å²) in [6, 6.07) is 9.64. The first kappa shape index (κ1) is 20.6. The molecule has 3 aliphatic rings. The Kier molecular flexibility index (Phi) is 5.34. The van der Waals surface area contributed by atoms with E-state index in [-0.39, 0.29) is 18.5 Å². The maximum absolute atomic E-state index is 12.5. The molecule has 1 N–H and O–H groups in total. The number of benzene rings is 1. The molecule has 2 aromatic rings. The number of likely N-dealkylation sites (N-methyl/N-ethyl adjacent to an activating group) is 1. The van der Waals surface area contributed by atoms with E-state index in [9.17, 15) is 9.59 Å².